The highest BCUT2D eigenvalue weighted by Gasteiger charge is 2.07. The van der Waals surface area contributed by atoms with Crippen LogP contribution < -0.4 is 5.73 Å². The van der Waals surface area contributed by atoms with E-state index in [0.717, 1.165) is 0 Å². The highest BCUT2D eigenvalue weighted by atomic mass is 16.3. The Labute approximate surface area is 97.2 Å². The molecule has 0 spiro atoms. The van der Waals surface area contributed by atoms with Gasteiger partial charge >= 0.3 is 0 Å². The van der Waals surface area contributed by atoms with Crippen molar-refractivity contribution in [1.29, 1.82) is 0 Å². The molecule has 0 aliphatic heterocycles. The van der Waals surface area contributed by atoms with E-state index in [0.29, 0.717) is 13.1 Å². The quantitative estimate of drug-likeness (QED) is 0.750. The van der Waals surface area contributed by atoms with Crippen LogP contribution in [0.15, 0.2) is 36.4 Å². The topological polar surface area (TPSA) is 49.5 Å². The first-order valence-corrected chi connectivity index (χ1v) is 5.52. The van der Waals surface area contributed by atoms with E-state index in [9.17, 15) is 0 Å². The van der Waals surface area contributed by atoms with E-state index in [1.54, 1.807) is 0 Å². The van der Waals surface area contributed by atoms with Gasteiger partial charge in [0, 0.05) is 19.1 Å². The number of nitrogens with zero attached hydrogens (tertiary/aromatic N) is 1. The van der Waals surface area contributed by atoms with Crippen molar-refractivity contribution in [2.75, 3.05) is 26.7 Å². The summed E-state index contributed by atoms with van der Waals surface area (Å²) < 4.78 is 0. The average molecular weight is 220 g/mol. The summed E-state index contributed by atoms with van der Waals surface area (Å²) in [5.74, 6) is 0. The Morgan fingerprint density at radius 1 is 1.38 bits per heavy atom. The lowest BCUT2D eigenvalue weighted by atomic mass is 10.1. The van der Waals surface area contributed by atoms with Crippen LogP contribution in [0.2, 0.25) is 0 Å². The van der Waals surface area contributed by atoms with Crippen molar-refractivity contribution in [3.05, 3.63) is 42.0 Å². The van der Waals surface area contributed by atoms with Crippen LogP contribution in [0.4, 0.5) is 0 Å². The molecule has 0 aromatic heterocycles. The molecule has 0 saturated carbocycles. The van der Waals surface area contributed by atoms with Gasteiger partial charge in [-0.3, -0.25) is 4.90 Å². The fourth-order valence-corrected chi connectivity index (χ4v) is 1.52. The van der Waals surface area contributed by atoms with Gasteiger partial charge in [0.2, 0.25) is 0 Å². The van der Waals surface area contributed by atoms with Gasteiger partial charge < -0.3 is 10.8 Å². The van der Waals surface area contributed by atoms with Crippen LogP contribution in [0.25, 0.3) is 6.08 Å². The summed E-state index contributed by atoms with van der Waals surface area (Å²) >= 11 is 0. The molecule has 1 aromatic rings. The standard InChI is InChI=1S/C13H20N2O/c1-15(9-10-16)13(11-14)8-7-12-5-3-2-4-6-12/h2-8,13,16H,9-11,14H2,1H3/b8-7-. The molecule has 0 aliphatic rings. The second kappa shape index (κ2) is 7.17. The van der Waals surface area contributed by atoms with E-state index in [4.69, 9.17) is 10.8 Å². The molecule has 0 bridgehead atoms. The van der Waals surface area contributed by atoms with E-state index < -0.39 is 0 Å². The van der Waals surface area contributed by atoms with Crippen molar-refractivity contribution in [2.24, 2.45) is 5.73 Å². The molecule has 16 heavy (non-hydrogen) atoms. The molecule has 0 amide bonds. The van der Waals surface area contributed by atoms with Crippen LogP contribution in [0.1, 0.15) is 5.56 Å². The zero-order chi connectivity index (χ0) is 11.8. The van der Waals surface area contributed by atoms with Gasteiger partial charge in [-0.2, -0.15) is 0 Å². The molecule has 1 atom stereocenters. The minimum absolute atomic E-state index is 0.159. The fourth-order valence-electron chi connectivity index (χ4n) is 1.52. The number of rotatable bonds is 6. The maximum absolute atomic E-state index is 8.86. The van der Waals surface area contributed by atoms with E-state index in [1.165, 1.54) is 5.56 Å². The maximum Gasteiger partial charge on any atom is 0.0558 e. The molecule has 1 rings (SSSR count). The Hall–Kier alpha value is -1.16. The van der Waals surface area contributed by atoms with Gasteiger partial charge in [0.1, 0.15) is 0 Å². The summed E-state index contributed by atoms with van der Waals surface area (Å²) in [6, 6.07) is 10.3. The molecule has 1 aromatic carbocycles. The van der Waals surface area contributed by atoms with Crippen molar-refractivity contribution >= 4 is 6.08 Å². The first kappa shape index (κ1) is 12.9. The van der Waals surface area contributed by atoms with Gasteiger partial charge in [-0.05, 0) is 12.6 Å². The second-order valence-corrected chi connectivity index (χ2v) is 3.78. The van der Waals surface area contributed by atoms with E-state index in [2.05, 4.69) is 24.3 Å². The molecule has 0 heterocycles. The normalized spacial score (nSPS) is 13.5. The highest BCUT2D eigenvalue weighted by Crippen LogP contribution is 2.04. The number of nitrogens with two attached hydrogens (primary N) is 1. The number of likely N-dealkylation sites (N-methyl/N-ethyl adjacent to an activating group) is 1. The molecule has 0 aliphatic carbocycles. The number of aliphatic hydroxyl groups excluding tert-OH is 1. The van der Waals surface area contributed by atoms with Gasteiger partial charge in [-0.15, -0.1) is 0 Å². The zero-order valence-electron chi connectivity index (χ0n) is 9.71. The molecule has 0 saturated heterocycles. The van der Waals surface area contributed by atoms with Gasteiger partial charge in [-0.25, -0.2) is 0 Å². The summed E-state index contributed by atoms with van der Waals surface area (Å²) in [5.41, 5.74) is 6.86. The summed E-state index contributed by atoms with van der Waals surface area (Å²) in [6.45, 7) is 1.35. The minimum Gasteiger partial charge on any atom is -0.395 e. The number of aliphatic hydroxyl groups is 1. The lowest BCUT2D eigenvalue weighted by Crippen LogP contribution is -2.37. The summed E-state index contributed by atoms with van der Waals surface area (Å²) in [4.78, 5) is 2.04. The minimum atomic E-state index is 0.159. The maximum atomic E-state index is 8.86. The Bertz CT molecular complexity index is 311. The van der Waals surface area contributed by atoms with Gasteiger partial charge in [0.05, 0.1) is 6.61 Å². The summed E-state index contributed by atoms with van der Waals surface area (Å²) in [5, 5.41) is 8.86. The molecule has 3 N–H and O–H groups in total. The number of benzene rings is 1. The molecule has 88 valence electrons. The molecule has 1 unspecified atom stereocenters. The van der Waals surface area contributed by atoms with E-state index in [-0.39, 0.29) is 12.6 Å². The van der Waals surface area contributed by atoms with E-state index in [1.807, 2.05) is 30.1 Å². The van der Waals surface area contributed by atoms with Crippen molar-refractivity contribution in [2.45, 2.75) is 6.04 Å². The monoisotopic (exact) mass is 220 g/mol. The predicted octanol–water partition coefficient (Wildman–Crippen LogP) is 0.951. The van der Waals surface area contributed by atoms with Crippen molar-refractivity contribution in [1.82, 2.24) is 4.90 Å². The van der Waals surface area contributed by atoms with Crippen molar-refractivity contribution in [3.8, 4) is 0 Å². The zero-order valence-corrected chi connectivity index (χ0v) is 9.71. The smallest absolute Gasteiger partial charge is 0.0558 e. The Morgan fingerprint density at radius 3 is 2.62 bits per heavy atom. The third-order valence-corrected chi connectivity index (χ3v) is 2.57. The van der Waals surface area contributed by atoms with Crippen molar-refractivity contribution < 1.29 is 5.11 Å². The van der Waals surface area contributed by atoms with Crippen LogP contribution in [0.5, 0.6) is 0 Å². The number of hydrogen-bond acceptors (Lipinski definition) is 3. The van der Waals surface area contributed by atoms with Gasteiger partial charge in [0.15, 0.2) is 0 Å². The van der Waals surface area contributed by atoms with Crippen LogP contribution in [-0.4, -0.2) is 42.8 Å². The first-order chi connectivity index (χ1) is 7.77. The fraction of sp³-hybridized carbons (Fsp3) is 0.385. The Morgan fingerprint density at radius 2 is 2.06 bits per heavy atom. The Kier molecular flexibility index (Phi) is 5.78. The molecule has 3 nitrogen and oxygen atoms in total. The summed E-state index contributed by atoms with van der Waals surface area (Å²) in [7, 11) is 1.96. The molecule has 3 heteroatoms. The predicted molar refractivity (Wildman–Crippen MR) is 68.0 cm³/mol. The molecule has 0 fully saturated rings. The summed E-state index contributed by atoms with van der Waals surface area (Å²) in [6.07, 6.45) is 4.14. The lowest BCUT2D eigenvalue weighted by Gasteiger charge is -2.23. The van der Waals surface area contributed by atoms with Crippen LogP contribution in [-0.2, 0) is 0 Å². The molecular weight excluding hydrogens is 200 g/mol. The van der Waals surface area contributed by atoms with Gasteiger partial charge in [0.25, 0.3) is 0 Å². The average Bonchev–Trinajstić information content (AvgIpc) is 2.31. The number of hydrogen-bond donors (Lipinski definition) is 2. The van der Waals surface area contributed by atoms with Crippen LogP contribution >= 0.6 is 0 Å². The highest BCUT2D eigenvalue weighted by molar-refractivity contribution is 5.49. The van der Waals surface area contributed by atoms with Crippen molar-refractivity contribution in [3.63, 3.8) is 0 Å². The third-order valence-electron chi connectivity index (χ3n) is 2.57. The first-order valence-electron chi connectivity index (χ1n) is 5.52. The Balaban J connectivity index is 2.59. The third kappa shape index (κ3) is 4.14. The van der Waals surface area contributed by atoms with Crippen LogP contribution in [0, 0.1) is 0 Å². The van der Waals surface area contributed by atoms with Gasteiger partial charge in [-0.1, -0.05) is 42.5 Å². The molecular formula is C13H20N2O. The second-order valence-electron chi connectivity index (χ2n) is 3.78. The van der Waals surface area contributed by atoms with E-state index >= 15 is 0 Å². The largest absolute Gasteiger partial charge is 0.395 e. The van der Waals surface area contributed by atoms with Crippen LogP contribution in [0.3, 0.4) is 0 Å². The lowest BCUT2D eigenvalue weighted by molar-refractivity contribution is 0.202. The molecule has 0 radical (unpaired) electrons. The SMILES string of the molecule is CN(CCO)C(/C=C\c1ccccc1)CN.